The molecule has 2 aromatic rings. The summed E-state index contributed by atoms with van der Waals surface area (Å²) in [4.78, 5) is 12.7. The van der Waals surface area contributed by atoms with Crippen molar-refractivity contribution in [2.45, 2.75) is 13.0 Å². The monoisotopic (exact) mass is 279 g/mol. The van der Waals surface area contributed by atoms with Crippen molar-refractivity contribution in [3.63, 3.8) is 0 Å². The summed E-state index contributed by atoms with van der Waals surface area (Å²) < 4.78 is 18.3. The second-order valence-corrected chi connectivity index (χ2v) is 5.03. The van der Waals surface area contributed by atoms with Crippen molar-refractivity contribution in [2.24, 2.45) is 0 Å². The summed E-state index contributed by atoms with van der Waals surface area (Å²) in [5, 5.41) is 4.69. The lowest BCUT2D eigenvalue weighted by atomic mass is 10.2. The van der Waals surface area contributed by atoms with Crippen molar-refractivity contribution < 1.29 is 13.9 Å². The Bertz CT molecular complexity index is 555. The van der Waals surface area contributed by atoms with Crippen molar-refractivity contribution in [1.29, 1.82) is 0 Å². The molecule has 1 heterocycles. The van der Waals surface area contributed by atoms with Crippen molar-refractivity contribution in [3.05, 3.63) is 52.0 Å². The highest BCUT2D eigenvalue weighted by atomic mass is 32.1. The number of methoxy groups -OCH3 is 1. The zero-order valence-corrected chi connectivity index (χ0v) is 11.3. The van der Waals surface area contributed by atoms with E-state index in [2.05, 4.69) is 5.32 Å². The maximum atomic E-state index is 13.4. The van der Waals surface area contributed by atoms with E-state index in [-0.39, 0.29) is 11.7 Å². The van der Waals surface area contributed by atoms with Gasteiger partial charge in [0.1, 0.15) is 0 Å². The Balaban J connectivity index is 1.88. The standard InChI is InChI=1S/C14H14FNO2S/c1-18-13-5-4-10(7-12(13)15)9-16-14(17)8-11-3-2-6-19-11/h2-7H,8-9H2,1H3,(H,16,17). The Kier molecular flexibility index (Phi) is 4.52. The number of carbonyl (C=O) groups excluding carboxylic acids is 1. The van der Waals surface area contributed by atoms with Crippen LogP contribution in [0.1, 0.15) is 10.4 Å². The van der Waals surface area contributed by atoms with E-state index < -0.39 is 5.82 Å². The summed E-state index contributed by atoms with van der Waals surface area (Å²) in [7, 11) is 1.42. The normalized spacial score (nSPS) is 10.2. The quantitative estimate of drug-likeness (QED) is 0.914. The molecule has 0 fully saturated rings. The van der Waals surface area contributed by atoms with Gasteiger partial charge in [-0.2, -0.15) is 0 Å². The third-order valence-corrected chi connectivity index (χ3v) is 3.50. The molecule has 3 nitrogen and oxygen atoms in total. The van der Waals surface area contributed by atoms with E-state index in [1.165, 1.54) is 13.2 Å². The van der Waals surface area contributed by atoms with E-state index in [4.69, 9.17) is 4.74 Å². The predicted octanol–water partition coefficient (Wildman–Crippen LogP) is 2.75. The summed E-state index contributed by atoms with van der Waals surface area (Å²) in [6, 6.07) is 8.47. The molecule has 100 valence electrons. The maximum Gasteiger partial charge on any atom is 0.225 e. The number of halogens is 1. The van der Waals surface area contributed by atoms with E-state index in [1.54, 1.807) is 23.5 Å². The largest absolute Gasteiger partial charge is 0.494 e. The lowest BCUT2D eigenvalue weighted by Crippen LogP contribution is -2.24. The molecular formula is C14H14FNO2S. The van der Waals surface area contributed by atoms with Gasteiger partial charge in [-0.05, 0) is 29.1 Å². The minimum absolute atomic E-state index is 0.0707. The van der Waals surface area contributed by atoms with Crippen LogP contribution >= 0.6 is 11.3 Å². The minimum Gasteiger partial charge on any atom is -0.494 e. The number of rotatable bonds is 5. The number of nitrogens with one attached hydrogen (secondary N) is 1. The van der Waals surface area contributed by atoms with Crippen LogP contribution in [-0.2, 0) is 17.8 Å². The van der Waals surface area contributed by atoms with Crippen LogP contribution in [0, 0.1) is 5.82 Å². The molecule has 19 heavy (non-hydrogen) atoms. The maximum absolute atomic E-state index is 13.4. The topological polar surface area (TPSA) is 38.3 Å². The van der Waals surface area contributed by atoms with E-state index in [0.29, 0.717) is 18.5 Å². The van der Waals surface area contributed by atoms with Gasteiger partial charge in [-0.3, -0.25) is 4.79 Å². The fourth-order valence-corrected chi connectivity index (χ4v) is 2.36. The SMILES string of the molecule is COc1ccc(CNC(=O)Cc2cccs2)cc1F. The third-order valence-electron chi connectivity index (χ3n) is 2.62. The van der Waals surface area contributed by atoms with Crippen LogP contribution in [0.4, 0.5) is 4.39 Å². The molecule has 0 unspecified atom stereocenters. The lowest BCUT2D eigenvalue weighted by molar-refractivity contribution is -0.120. The van der Waals surface area contributed by atoms with Crippen LogP contribution in [-0.4, -0.2) is 13.0 Å². The number of ether oxygens (including phenoxy) is 1. The summed E-state index contributed by atoms with van der Waals surface area (Å²) in [5.74, 6) is -0.292. The highest BCUT2D eigenvalue weighted by Gasteiger charge is 2.06. The average molecular weight is 279 g/mol. The molecule has 5 heteroatoms. The van der Waals surface area contributed by atoms with E-state index in [9.17, 15) is 9.18 Å². The number of hydrogen-bond donors (Lipinski definition) is 1. The van der Waals surface area contributed by atoms with Gasteiger partial charge in [-0.25, -0.2) is 4.39 Å². The highest BCUT2D eigenvalue weighted by Crippen LogP contribution is 2.17. The molecule has 0 aliphatic rings. The first-order valence-corrected chi connectivity index (χ1v) is 6.68. The van der Waals surface area contributed by atoms with Gasteiger partial charge < -0.3 is 10.1 Å². The van der Waals surface area contributed by atoms with Crippen molar-refractivity contribution in [3.8, 4) is 5.75 Å². The summed E-state index contributed by atoms with van der Waals surface area (Å²) in [6.07, 6.45) is 0.357. The van der Waals surface area contributed by atoms with Crippen LogP contribution in [0.2, 0.25) is 0 Å². The van der Waals surface area contributed by atoms with Gasteiger partial charge >= 0.3 is 0 Å². The number of hydrogen-bond acceptors (Lipinski definition) is 3. The highest BCUT2D eigenvalue weighted by molar-refractivity contribution is 7.10. The Labute approximate surface area is 115 Å². The zero-order chi connectivity index (χ0) is 13.7. The Morgan fingerprint density at radius 1 is 1.42 bits per heavy atom. The van der Waals surface area contributed by atoms with Gasteiger partial charge in [-0.15, -0.1) is 11.3 Å². The Hall–Kier alpha value is -1.88. The molecule has 0 saturated heterocycles. The average Bonchev–Trinajstić information content (AvgIpc) is 2.89. The van der Waals surface area contributed by atoms with Crippen LogP contribution in [0.3, 0.4) is 0 Å². The van der Waals surface area contributed by atoms with Gasteiger partial charge in [0, 0.05) is 11.4 Å². The summed E-state index contributed by atoms with van der Waals surface area (Å²) in [6.45, 7) is 0.311. The van der Waals surface area contributed by atoms with Crippen molar-refractivity contribution in [2.75, 3.05) is 7.11 Å². The molecule has 1 aromatic carbocycles. The van der Waals surface area contributed by atoms with Crippen molar-refractivity contribution >= 4 is 17.2 Å². The Morgan fingerprint density at radius 2 is 2.26 bits per heavy atom. The van der Waals surface area contributed by atoms with E-state index >= 15 is 0 Å². The molecule has 0 aliphatic heterocycles. The molecule has 0 aliphatic carbocycles. The van der Waals surface area contributed by atoms with Gasteiger partial charge in [0.15, 0.2) is 11.6 Å². The summed E-state index contributed by atoms with van der Waals surface area (Å²) in [5.41, 5.74) is 0.706. The molecule has 0 atom stereocenters. The van der Waals surface area contributed by atoms with Gasteiger partial charge in [0.05, 0.1) is 13.5 Å². The second-order valence-electron chi connectivity index (χ2n) is 4.00. The molecule has 1 N–H and O–H groups in total. The minimum atomic E-state index is -0.424. The van der Waals surface area contributed by atoms with Crippen LogP contribution in [0.25, 0.3) is 0 Å². The third kappa shape index (κ3) is 3.79. The van der Waals surface area contributed by atoms with E-state index in [0.717, 1.165) is 4.88 Å². The molecular weight excluding hydrogens is 265 g/mol. The molecule has 1 aromatic heterocycles. The molecule has 0 saturated carbocycles. The fourth-order valence-electron chi connectivity index (χ4n) is 1.65. The molecule has 0 spiro atoms. The summed E-state index contributed by atoms with van der Waals surface area (Å²) >= 11 is 1.54. The fraction of sp³-hybridized carbons (Fsp3) is 0.214. The predicted molar refractivity (Wildman–Crippen MR) is 72.8 cm³/mol. The van der Waals surface area contributed by atoms with Crippen molar-refractivity contribution in [1.82, 2.24) is 5.32 Å². The molecule has 0 radical (unpaired) electrons. The molecule has 1 amide bonds. The van der Waals surface area contributed by atoms with Gasteiger partial charge in [0.2, 0.25) is 5.91 Å². The number of thiophene rings is 1. The lowest BCUT2D eigenvalue weighted by Gasteiger charge is -2.07. The number of benzene rings is 1. The van der Waals surface area contributed by atoms with Gasteiger partial charge in [-0.1, -0.05) is 12.1 Å². The van der Waals surface area contributed by atoms with Crippen LogP contribution in [0.5, 0.6) is 5.75 Å². The Morgan fingerprint density at radius 3 is 2.89 bits per heavy atom. The van der Waals surface area contributed by atoms with E-state index in [1.807, 2.05) is 17.5 Å². The second kappa shape index (κ2) is 6.33. The molecule has 2 rings (SSSR count). The first-order valence-electron chi connectivity index (χ1n) is 5.80. The van der Waals surface area contributed by atoms with Crippen LogP contribution in [0.15, 0.2) is 35.7 Å². The molecule has 0 bridgehead atoms. The number of amides is 1. The number of carbonyl (C=O) groups is 1. The smallest absolute Gasteiger partial charge is 0.225 e. The first-order chi connectivity index (χ1) is 9.19. The zero-order valence-electron chi connectivity index (χ0n) is 10.5. The van der Waals surface area contributed by atoms with Gasteiger partial charge in [0.25, 0.3) is 0 Å². The first kappa shape index (κ1) is 13.5. The van der Waals surface area contributed by atoms with Crippen LogP contribution < -0.4 is 10.1 Å².